The molecule has 2 heterocycles. The maximum atomic E-state index is 12.5. The number of thiazole rings is 1. The highest BCUT2D eigenvalue weighted by Crippen LogP contribution is 2.41. The Bertz CT molecular complexity index is 1380. The first-order valence-corrected chi connectivity index (χ1v) is 14.3. The highest BCUT2D eigenvalue weighted by atomic mass is 32.2. The number of benzene rings is 2. The van der Waals surface area contributed by atoms with Crippen LogP contribution in [0.2, 0.25) is 0 Å². The zero-order valence-corrected chi connectivity index (χ0v) is 23.2. The second kappa shape index (κ2) is 11.4. The van der Waals surface area contributed by atoms with Crippen molar-refractivity contribution < 1.29 is 14.6 Å². The minimum absolute atomic E-state index is 0.137. The van der Waals surface area contributed by atoms with E-state index in [4.69, 9.17) is 9.72 Å². The first-order valence-electron chi connectivity index (χ1n) is 11.3. The third kappa shape index (κ3) is 5.55. The van der Waals surface area contributed by atoms with Gasteiger partial charge in [0.2, 0.25) is 5.13 Å². The van der Waals surface area contributed by atoms with E-state index < -0.39 is 5.97 Å². The lowest BCUT2D eigenvalue weighted by molar-refractivity contribution is 0.0686. The average molecular weight is 541 g/mol. The van der Waals surface area contributed by atoms with E-state index in [0.29, 0.717) is 28.1 Å². The summed E-state index contributed by atoms with van der Waals surface area (Å²) in [5.74, 6) is -0.291. The molecule has 0 aliphatic carbocycles. The summed E-state index contributed by atoms with van der Waals surface area (Å²) in [6.07, 6.45) is 2.40. The number of ether oxygens (including phenoxy) is 1. The van der Waals surface area contributed by atoms with Gasteiger partial charge in [-0.2, -0.15) is 9.78 Å². The number of carboxylic acids is 1. The summed E-state index contributed by atoms with van der Waals surface area (Å²) in [5.41, 5.74) is 5.16. The molecule has 0 saturated heterocycles. The SMILES string of the molecule is COc1cccc(-c2nc(-n3nc(C)c(Cc4ccccc4NSC)c3C(=O)O)sc2SC(C)C)c1. The Labute approximate surface area is 223 Å². The van der Waals surface area contributed by atoms with Crippen molar-refractivity contribution in [1.82, 2.24) is 14.8 Å². The number of rotatable bonds is 10. The molecule has 10 heteroatoms. The summed E-state index contributed by atoms with van der Waals surface area (Å²) >= 11 is 4.65. The molecule has 188 valence electrons. The smallest absolute Gasteiger partial charge is 0.355 e. The number of carboxylic acid groups (broad SMARTS) is 1. The zero-order valence-electron chi connectivity index (χ0n) is 20.7. The number of para-hydroxylation sites is 1. The monoisotopic (exact) mass is 540 g/mol. The van der Waals surface area contributed by atoms with Gasteiger partial charge < -0.3 is 14.6 Å². The summed E-state index contributed by atoms with van der Waals surface area (Å²) in [5, 5.41) is 15.8. The maximum absolute atomic E-state index is 12.5. The number of thioether (sulfide) groups is 1. The van der Waals surface area contributed by atoms with E-state index in [1.165, 1.54) is 28.0 Å². The van der Waals surface area contributed by atoms with Crippen molar-refractivity contribution >= 4 is 46.7 Å². The molecular weight excluding hydrogens is 513 g/mol. The Balaban J connectivity index is 1.83. The molecule has 2 aromatic carbocycles. The Kier molecular flexibility index (Phi) is 8.28. The lowest BCUT2D eigenvalue weighted by Gasteiger charge is -2.10. The average Bonchev–Trinajstić information content (AvgIpc) is 3.41. The number of aromatic carboxylic acids is 1. The van der Waals surface area contributed by atoms with E-state index in [0.717, 1.165) is 32.5 Å². The fourth-order valence-corrected chi connectivity index (χ4v) is 6.73. The molecule has 0 bridgehead atoms. The van der Waals surface area contributed by atoms with E-state index in [-0.39, 0.29) is 5.69 Å². The fourth-order valence-electron chi connectivity index (χ4n) is 3.84. The van der Waals surface area contributed by atoms with Crippen LogP contribution < -0.4 is 9.46 Å². The number of nitrogens with one attached hydrogen (secondary N) is 1. The molecule has 36 heavy (non-hydrogen) atoms. The first-order chi connectivity index (χ1) is 17.3. The summed E-state index contributed by atoms with van der Waals surface area (Å²) < 4.78 is 11.2. The van der Waals surface area contributed by atoms with Gasteiger partial charge in [0.25, 0.3) is 0 Å². The quantitative estimate of drug-likeness (QED) is 0.168. The van der Waals surface area contributed by atoms with Crippen molar-refractivity contribution in [3.8, 4) is 22.1 Å². The topological polar surface area (TPSA) is 89.3 Å². The highest BCUT2D eigenvalue weighted by Gasteiger charge is 2.26. The molecule has 0 amide bonds. The summed E-state index contributed by atoms with van der Waals surface area (Å²) in [6.45, 7) is 6.10. The Hall–Kier alpha value is -2.95. The predicted molar refractivity (Wildman–Crippen MR) is 150 cm³/mol. The van der Waals surface area contributed by atoms with Crippen LogP contribution in [-0.4, -0.2) is 44.5 Å². The molecule has 0 saturated carbocycles. The predicted octanol–water partition coefficient (Wildman–Crippen LogP) is 6.79. The Morgan fingerprint density at radius 3 is 2.69 bits per heavy atom. The minimum atomic E-state index is -1.03. The molecular formula is C26H28N4O3S3. The lowest BCUT2D eigenvalue weighted by atomic mass is 10.0. The summed E-state index contributed by atoms with van der Waals surface area (Å²) in [4.78, 5) is 17.4. The van der Waals surface area contributed by atoms with Crippen LogP contribution in [0.15, 0.2) is 52.7 Å². The third-order valence-corrected chi connectivity index (χ3v) is 8.10. The van der Waals surface area contributed by atoms with E-state index in [2.05, 4.69) is 23.7 Å². The first kappa shape index (κ1) is 26.1. The van der Waals surface area contributed by atoms with Gasteiger partial charge in [0.15, 0.2) is 5.69 Å². The molecule has 7 nitrogen and oxygen atoms in total. The van der Waals surface area contributed by atoms with Crippen molar-refractivity contribution in [2.45, 2.75) is 36.7 Å². The van der Waals surface area contributed by atoms with Gasteiger partial charge in [-0.3, -0.25) is 0 Å². The fraction of sp³-hybridized carbons (Fsp3) is 0.269. The van der Waals surface area contributed by atoms with Gasteiger partial charge >= 0.3 is 5.97 Å². The van der Waals surface area contributed by atoms with Crippen LogP contribution in [0.1, 0.15) is 41.2 Å². The number of nitrogens with zero attached hydrogens (tertiary/aromatic N) is 3. The van der Waals surface area contributed by atoms with Crippen molar-refractivity contribution in [2.75, 3.05) is 18.1 Å². The van der Waals surface area contributed by atoms with Gasteiger partial charge in [0, 0.05) is 34.7 Å². The molecule has 2 aromatic heterocycles. The van der Waals surface area contributed by atoms with E-state index >= 15 is 0 Å². The normalized spacial score (nSPS) is 11.2. The summed E-state index contributed by atoms with van der Waals surface area (Å²) in [7, 11) is 1.63. The number of hydrogen-bond donors (Lipinski definition) is 2. The van der Waals surface area contributed by atoms with Gasteiger partial charge in [-0.25, -0.2) is 9.78 Å². The van der Waals surface area contributed by atoms with E-state index in [1.807, 2.05) is 61.7 Å². The second-order valence-corrected chi connectivity index (χ2v) is 11.7. The number of anilines is 1. The lowest BCUT2D eigenvalue weighted by Crippen LogP contribution is -2.10. The maximum Gasteiger partial charge on any atom is 0.355 e. The molecule has 0 aliphatic rings. The molecule has 0 atom stereocenters. The van der Waals surface area contributed by atoms with Gasteiger partial charge in [0.05, 0.1) is 22.7 Å². The number of hydrogen-bond acceptors (Lipinski definition) is 8. The van der Waals surface area contributed by atoms with Gasteiger partial charge in [0.1, 0.15) is 5.75 Å². The minimum Gasteiger partial charge on any atom is -0.497 e. The van der Waals surface area contributed by atoms with Crippen molar-refractivity contribution in [2.24, 2.45) is 0 Å². The Morgan fingerprint density at radius 1 is 1.22 bits per heavy atom. The molecule has 0 aliphatic heterocycles. The Morgan fingerprint density at radius 2 is 2.00 bits per heavy atom. The van der Waals surface area contributed by atoms with Crippen molar-refractivity contribution in [3.63, 3.8) is 0 Å². The van der Waals surface area contributed by atoms with Gasteiger partial charge in [-0.15, -0.1) is 11.8 Å². The van der Waals surface area contributed by atoms with Crippen LogP contribution in [0.4, 0.5) is 5.69 Å². The highest BCUT2D eigenvalue weighted by molar-refractivity contribution is 8.01. The third-order valence-electron chi connectivity index (χ3n) is 5.44. The van der Waals surface area contributed by atoms with Crippen LogP contribution in [0, 0.1) is 6.92 Å². The largest absolute Gasteiger partial charge is 0.497 e. The molecule has 4 rings (SSSR count). The van der Waals surface area contributed by atoms with Crippen molar-refractivity contribution in [1.29, 1.82) is 0 Å². The second-order valence-electron chi connectivity index (χ2n) is 8.30. The van der Waals surface area contributed by atoms with E-state index in [1.54, 1.807) is 18.9 Å². The zero-order chi connectivity index (χ0) is 25.8. The van der Waals surface area contributed by atoms with Crippen LogP contribution in [0.3, 0.4) is 0 Å². The summed E-state index contributed by atoms with van der Waals surface area (Å²) in [6, 6.07) is 15.6. The molecule has 2 N–H and O–H groups in total. The molecule has 0 spiro atoms. The number of methoxy groups -OCH3 is 1. The number of aromatic nitrogens is 3. The molecule has 0 unspecified atom stereocenters. The number of carbonyl (C=O) groups is 1. The molecule has 0 radical (unpaired) electrons. The van der Waals surface area contributed by atoms with E-state index in [9.17, 15) is 9.90 Å². The van der Waals surface area contributed by atoms with Crippen LogP contribution in [0.5, 0.6) is 5.75 Å². The molecule has 4 aromatic rings. The number of aryl methyl sites for hydroxylation is 1. The van der Waals surface area contributed by atoms with Gasteiger partial charge in [-0.05, 0) is 30.7 Å². The van der Waals surface area contributed by atoms with Crippen LogP contribution in [0.25, 0.3) is 16.4 Å². The molecule has 0 fully saturated rings. The van der Waals surface area contributed by atoms with Gasteiger partial charge in [-0.1, -0.05) is 67.5 Å². The van der Waals surface area contributed by atoms with Crippen molar-refractivity contribution in [3.05, 3.63) is 71.0 Å². The standard InChI is InChI=1S/C26H28N4O3S3/c1-15(2)35-25-22(18-10-8-11-19(13-18)33-4)27-26(36-25)30-23(24(31)32)20(16(3)28-30)14-17-9-6-7-12-21(17)29-34-5/h6-13,15,29H,14H2,1-5H3,(H,31,32). The van der Waals surface area contributed by atoms with Crippen LogP contribution >= 0.6 is 35.0 Å². The van der Waals surface area contributed by atoms with Crippen LogP contribution in [-0.2, 0) is 6.42 Å².